The summed E-state index contributed by atoms with van der Waals surface area (Å²) in [6.45, 7) is 0.650. The van der Waals surface area contributed by atoms with Crippen molar-refractivity contribution < 1.29 is 8.78 Å². The molecule has 0 unspecified atom stereocenters. The molecule has 5 nitrogen and oxygen atoms in total. The number of aromatic nitrogens is 4. The zero-order chi connectivity index (χ0) is 14.1. The maximum atomic E-state index is 13.3. The maximum absolute atomic E-state index is 13.3. The fourth-order valence-electron chi connectivity index (χ4n) is 2.24. The van der Waals surface area contributed by atoms with E-state index in [1.54, 1.807) is 4.68 Å². The Kier molecular flexibility index (Phi) is 3.33. The number of rotatable bonds is 5. The van der Waals surface area contributed by atoms with Crippen LogP contribution in [0.1, 0.15) is 25.7 Å². The molecule has 0 atom stereocenters. The summed E-state index contributed by atoms with van der Waals surface area (Å²) in [6, 6.07) is 1.99. The van der Waals surface area contributed by atoms with Gasteiger partial charge in [-0.05, 0) is 35.3 Å². The molecule has 106 valence electrons. The number of nitrogens with zero attached hydrogens (tertiary/aromatic N) is 4. The third-order valence-corrected chi connectivity index (χ3v) is 3.54. The quantitative estimate of drug-likeness (QED) is 0.853. The standard InChI is InChI=1S/C13H15F2N5/c14-10-6-9(12(16)7-11(10)15)13-17-18-19-20(13)5-1-2-8-3-4-8/h6-8H,1-5,16H2. The van der Waals surface area contributed by atoms with Crippen LogP contribution in [0, 0.1) is 17.6 Å². The second-order valence-corrected chi connectivity index (χ2v) is 5.16. The molecule has 20 heavy (non-hydrogen) atoms. The van der Waals surface area contributed by atoms with Crippen molar-refractivity contribution >= 4 is 5.69 Å². The smallest absolute Gasteiger partial charge is 0.184 e. The highest BCUT2D eigenvalue weighted by atomic mass is 19.2. The van der Waals surface area contributed by atoms with Gasteiger partial charge in [0.05, 0.1) is 0 Å². The van der Waals surface area contributed by atoms with Crippen molar-refractivity contribution in [3.8, 4) is 11.4 Å². The van der Waals surface area contributed by atoms with Gasteiger partial charge in [-0.3, -0.25) is 0 Å². The minimum atomic E-state index is -0.973. The zero-order valence-corrected chi connectivity index (χ0v) is 10.9. The number of nitrogen functional groups attached to an aromatic ring is 1. The highest BCUT2D eigenvalue weighted by molar-refractivity contribution is 5.71. The lowest BCUT2D eigenvalue weighted by Crippen LogP contribution is -2.05. The van der Waals surface area contributed by atoms with E-state index in [4.69, 9.17) is 5.73 Å². The Morgan fingerprint density at radius 1 is 1.25 bits per heavy atom. The summed E-state index contributed by atoms with van der Waals surface area (Å²) in [4.78, 5) is 0. The SMILES string of the molecule is Nc1cc(F)c(F)cc1-c1nnnn1CCCC1CC1. The molecule has 7 heteroatoms. The molecule has 2 aromatic rings. The number of benzene rings is 1. The summed E-state index contributed by atoms with van der Waals surface area (Å²) in [5.41, 5.74) is 6.17. The van der Waals surface area contributed by atoms with Crippen molar-refractivity contribution in [3.05, 3.63) is 23.8 Å². The van der Waals surface area contributed by atoms with Gasteiger partial charge in [0.15, 0.2) is 17.5 Å². The number of hydrogen-bond acceptors (Lipinski definition) is 4. The molecule has 0 saturated heterocycles. The van der Waals surface area contributed by atoms with Crippen LogP contribution in [0.4, 0.5) is 14.5 Å². The lowest BCUT2D eigenvalue weighted by Gasteiger charge is -2.07. The molecular formula is C13H15F2N5. The fourth-order valence-corrected chi connectivity index (χ4v) is 2.24. The highest BCUT2D eigenvalue weighted by Gasteiger charge is 2.21. The number of hydrogen-bond donors (Lipinski definition) is 1. The van der Waals surface area contributed by atoms with Crippen molar-refractivity contribution in [2.45, 2.75) is 32.2 Å². The molecule has 3 rings (SSSR count). The van der Waals surface area contributed by atoms with Gasteiger partial charge < -0.3 is 5.73 Å². The Morgan fingerprint density at radius 3 is 2.75 bits per heavy atom. The summed E-state index contributed by atoms with van der Waals surface area (Å²) in [7, 11) is 0. The van der Waals surface area contributed by atoms with E-state index in [1.165, 1.54) is 12.8 Å². The molecule has 1 aliphatic carbocycles. The van der Waals surface area contributed by atoms with E-state index in [9.17, 15) is 8.78 Å². The predicted molar refractivity (Wildman–Crippen MR) is 69.5 cm³/mol. The second kappa shape index (κ2) is 5.15. The highest BCUT2D eigenvalue weighted by Crippen LogP contribution is 2.33. The Bertz CT molecular complexity index is 621. The van der Waals surface area contributed by atoms with E-state index < -0.39 is 11.6 Å². The molecule has 1 aliphatic rings. The van der Waals surface area contributed by atoms with Gasteiger partial charge in [0.1, 0.15) is 0 Å². The predicted octanol–water partition coefficient (Wildman–Crippen LogP) is 2.39. The summed E-state index contributed by atoms with van der Waals surface area (Å²) < 4.78 is 28.0. The fraction of sp³-hybridized carbons (Fsp3) is 0.462. The first-order valence-corrected chi connectivity index (χ1v) is 6.66. The first-order valence-electron chi connectivity index (χ1n) is 6.66. The van der Waals surface area contributed by atoms with E-state index in [-0.39, 0.29) is 5.69 Å². The van der Waals surface area contributed by atoms with Crippen molar-refractivity contribution in [1.29, 1.82) is 0 Å². The maximum Gasteiger partial charge on any atom is 0.184 e. The van der Waals surface area contributed by atoms with Crippen molar-refractivity contribution in [2.24, 2.45) is 5.92 Å². The number of aryl methyl sites for hydroxylation is 1. The van der Waals surface area contributed by atoms with Crippen LogP contribution in [0.5, 0.6) is 0 Å². The molecule has 0 radical (unpaired) electrons. The number of halogens is 2. The lowest BCUT2D eigenvalue weighted by molar-refractivity contribution is 0.508. The van der Waals surface area contributed by atoms with Gasteiger partial charge in [-0.1, -0.05) is 12.8 Å². The summed E-state index contributed by atoms with van der Waals surface area (Å²) in [5, 5.41) is 11.3. The minimum absolute atomic E-state index is 0.127. The van der Waals surface area contributed by atoms with Crippen LogP contribution in [0.15, 0.2) is 12.1 Å². The average Bonchev–Trinajstić information content (AvgIpc) is 3.12. The molecule has 1 saturated carbocycles. The second-order valence-electron chi connectivity index (χ2n) is 5.16. The minimum Gasteiger partial charge on any atom is -0.398 e. The molecule has 0 aliphatic heterocycles. The van der Waals surface area contributed by atoms with Gasteiger partial charge in [-0.25, -0.2) is 13.5 Å². The Hall–Kier alpha value is -2.05. The van der Waals surface area contributed by atoms with E-state index in [2.05, 4.69) is 15.5 Å². The summed E-state index contributed by atoms with van der Waals surface area (Å²) in [5.74, 6) is -0.721. The Morgan fingerprint density at radius 2 is 2.00 bits per heavy atom. The molecule has 1 aromatic heterocycles. The molecule has 0 amide bonds. The molecular weight excluding hydrogens is 264 g/mol. The molecule has 2 N–H and O–H groups in total. The van der Waals surface area contributed by atoms with E-state index in [0.717, 1.165) is 30.9 Å². The van der Waals surface area contributed by atoms with Gasteiger partial charge >= 0.3 is 0 Å². The van der Waals surface area contributed by atoms with Gasteiger partial charge in [0.2, 0.25) is 0 Å². The van der Waals surface area contributed by atoms with Gasteiger partial charge in [-0.2, -0.15) is 0 Å². The van der Waals surface area contributed by atoms with Crippen LogP contribution < -0.4 is 5.73 Å². The molecule has 1 fully saturated rings. The van der Waals surface area contributed by atoms with Gasteiger partial charge in [0, 0.05) is 23.9 Å². The van der Waals surface area contributed by atoms with Gasteiger partial charge in [0.25, 0.3) is 0 Å². The van der Waals surface area contributed by atoms with Crippen LogP contribution in [-0.2, 0) is 6.54 Å². The lowest BCUT2D eigenvalue weighted by atomic mass is 10.1. The largest absolute Gasteiger partial charge is 0.398 e. The van der Waals surface area contributed by atoms with Crippen LogP contribution in [-0.4, -0.2) is 20.2 Å². The van der Waals surface area contributed by atoms with Crippen LogP contribution in [0.3, 0.4) is 0 Å². The third-order valence-electron chi connectivity index (χ3n) is 3.54. The monoisotopic (exact) mass is 279 g/mol. The van der Waals surface area contributed by atoms with Crippen LogP contribution in [0.25, 0.3) is 11.4 Å². The van der Waals surface area contributed by atoms with E-state index in [1.807, 2.05) is 0 Å². The van der Waals surface area contributed by atoms with Crippen molar-refractivity contribution in [1.82, 2.24) is 20.2 Å². The van der Waals surface area contributed by atoms with Crippen molar-refractivity contribution in [3.63, 3.8) is 0 Å². The van der Waals surface area contributed by atoms with E-state index in [0.29, 0.717) is 17.9 Å². The third kappa shape index (κ3) is 2.61. The summed E-state index contributed by atoms with van der Waals surface area (Å²) >= 11 is 0. The van der Waals surface area contributed by atoms with E-state index >= 15 is 0 Å². The number of anilines is 1. The number of nitrogens with two attached hydrogens (primary N) is 1. The average molecular weight is 279 g/mol. The normalized spacial score (nSPS) is 14.7. The topological polar surface area (TPSA) is 69.6 Å². The summed E-state index contributed by atoms with van der Waals surface area (Å²) in [6.07, 6.45) is 4.72. The molecule has 1 heterocycles. The Balaban J connectivity index is 1.82. The van der Waals surface area contributed by atoms with Crippen molar-refractivity contribution in [2.75, 3.05) is 5.73 Å². The molecule has 1 aromatic carbocycles. The molecule has 0 spiro atoms. The first kappa shape index (κ1) is 13.0. The van der Waals surface area contributed by atoms with Gasteiger partial charge in [-0.15, -0.1) is 5.10 Å². The molecule has 0 bridgehead atoms. The Labute approximate surface area is 114 Å². The number of tetrazole rings is 1. The first-order chi connectivity index (χ1) is 9.65. The zero-order valence-electron chi connectivity index (χ0n) is 10.9. The van der Waals surface area contributed by atoms with Crippen LogP contribution in [0.2, 0.25) is 0 Å². The van der Waals surface area contributed by atoms with Crippen LogP contribution >= 0.6 is 0 Å².